The van der Waals surface area contributed by atoms with Gasteiger partial charge in [0.05, 0.1) is 16.7 Å². The number of amides is 2. The zero-order valence-electron chi connectivity index (χ0n) is 17.3. The molecule has 5 nitrogen and oxygen atoms in total. The molecule has 0 spiro atoms. The summed E-state index contributed by atoms with van der Waals surface area (Å²) in [4.78, 5) is 31.3. The molecular formula is C21H31F2N3O2S. The molecule has 29 heavy (non-hydrogen) atoms. The number of halogens is 2. The second-order valence-corrected chi connectivity index (χ2v) is 11.3. The quantitative estimate of drug-likeness (QED) is 0.722. The van der Waals surface area contributed by atoms with Gasteiger partial charge in [0, 0.05) is 13.1 Å². The average Bonchev–Trinajstić information content (AvgIpc) is 3.28. The van der Waals surface area contributed by atoms with E-state index in [4.69, 9.17) is 4.99 Å². The summed E-state index contributed by atoms with van der Waals surface area (Å²) in [5.74, 6) is -2.30. The molecule has 2 aliphatic carbocycles. The van der Waals surface area contributed by atoms with E-state index in [9.17, 15) is 18.4 Å². The van der Waals surface area contributed by atoms with Crippen molar-refractivity contribution >= 4 is 28.7 Å². The van der Waals surface area contributed by atoms with E-state index in [1.54, 1.807) is 16.7 Å². The Bertz CT molecular complexity index is 707. The maximum absolute atomic E-state index is 13.1. The van der Waals surface area contributed by atoms with E-state index < -0.39 is 23.0 Å². The fraction of sp³-hybridized carbons (Fsp3) is 0.857. The second-order valence-electron chi connectivity index (χ2n) is 9.85. The third-order valence-electron chi connectivity index (χ3n) is 7.17. The van der Waals surface area contributed by atoms with E-state index in [1.807, 2.05) is 6.92 Å². The van der Waals surface area contributed by atoms with E-state index in [1.165, 1.54) is 12.8 Å². The van der Waals surface area contributed by atoms with Crippen molar-refractivity contribution in [2.45, 2.75) is 87.8 Å². The Balaban J connectivity index is 1.32. The van der Waals surface area contributed by atoms with Crippen LogP contribution < -0.4 is 5.32 Å². The largest absolute Gasteiger partial charge is 0.342 e. The van der Waals surface area contributed by atoms with Crippen molar-refractivity contribution in [3.63, 3.8) is 0 Å². The monoisotopic (exact) mass is 427 g/mol. The van der Waals surface area contributed by atoms with Gasteiger partial charge in [-0.15, -0.1) is 0 Å². The first-order valence-electron chi connectivity index (χ1n) is 10.8. The summed E-state index contributed by atoms with van der Waals surface area (Å²) in [7, 11) is 0. The number of rotatable bonds is 5. The van der Waals surface area contributed by atoms with Gasteiger partial charge in [0.2, 0.25) is 11.8 Å². The Labute approximate surface area is 175 Å². The summed E-state index contributed by atoms with van der Waals surface area (Å²) < 4.78 is 25.7. The summed E-state index contributed by atoms with van der Waals surface area (Å²) in [6, 6.07) is 0. The molecule has 2 saturated carbocycles. The van der Waals surface area contributed by atoms with Gasteiger partial charge in [-0.3, -0.25) is 14.6 Å². The minimum atomic E-state index is -2.96. The highest BCUT2D eigenvalue weighted by atomic mass is 32.2. The van der Waals surface area contributed by atoms with E-state index in [-0.39, 0.29) is 11.4 Å². The number of fused-ring (bicyclic) bond motifs is 2. The van der Waals surface area contributed by atoms with Crippen LogP contribution >= 0.6 is 11.8 Å². The highest BCUT2D eigenvalue weighted by Gasteiger charge is 2.48. The Morgan fingerprint density at radius 3 is 2.48 bits per heavy atom. The summed E-state index contributed by atoms with van der Waals surface area (Å²) in [6.45, 7) is 3.75. The van der Waals surface area contributed by atoms with Crippen LogP contribution in [0, 0.1) is 11.8 Å². The molecule has 0 radical (unpaired) electrons. The molecule has 2 saturated heterocycles. The van der Waals surface area contributed by atoms with Crippen LogP contribution in [0.15, 0.2) is 4.99 Å². The first kappa shape index (κ1) is 21.1. The molecule has 1 N–H and O–H groups in total. The van der Waals surface area contributed by atoms with Crippen LogP contribution in [0.25, 0.3) is 0 Å². The number of nitrogens with one attached hydrogen (secondary N) is 1. The van der Waals surface area contributed by atoms with Gasteiger partial charge in [-0.2, -0.15) is 0 Å². The summed E-state index contributed by atoms with van der Waals surface area (Å²) in [5.41, 5.74) is 0.0541. The summed E-state index contributed by atoms with van der Waals surface area (Å²) >= 11 is 1.56. The Morgan fingerprint density at radius 1 is 1.28 bits per heavy atom. The third kappa shape index (κ3) is 4.62. The van der Waals surface area contributed by atoms with Crippen molar-refractivity contribution in [3.05, 3.63) is 0 Å². The van der Waals surface area contributed by atoms with Crippen molar-refractivity contribution in [1.29, 1.82) is 0 Å². The highest BCUT2D eigenvalue weighted by Crippen LogP contribution is 2.51. The van der Waals surface area contributed by atoms with Crippen molar-refractivity contribution in [3.8, 4) is 0 Å². The third-order valence-corrected chi connectivity index (χ3v) is 8.36. The lowest BCUT2D eigenvalue weighted by molar-refractivity contribution is -0.139. The van der Waals surface area contributed by atoms with Gasteiger partial charge >= 0.3 is 0 Å². The van der Waals surface area contributed by atoms with E-state index >= 15 is 0 Å². The van der Waals surface area contributed by atoms with Gasteiger partial charge in [0.1, 0.15) is 0 Å². The molecule has 8 heteroatoms. The van der Waals surface area contributed by atoms with Crippen LogP contribution in [-0.2, 0) is 9.59 Å². The van der Waals surface area contributed by atoms with Crippen molar-refractivity contribution in [2.24, 2.45) is 16.8 Å². The molecule has 1 atom stereocenters. The molecule has 4 fully saturated rings. The lowest BCUT2D eigenvalue weighted by atomic mass is 9.87. The van der Waals surface area contributed by atoms with Crippen LogP contribution in [0.4, 0.5) is 8.78 Å². The van der Waals surface area contributed by atoms with Gasteiger partial charge in [0.25, 0.3) is 5.92 Å². The number of nitrogens with zero attached hydrogens (tertiary/aromatic N) is 2. The minimum absolute atomic E-state index is 0.0225. The fourth-order valence-corrected chi connectivity index (χ4v) is 6.82. The van der Waals surface area contributed by atoms with Crippen LogP contribution in [0.5, 0.6) is 0 Å². The van der Waals surface area contributed by atoms with Crippen molar-refractivity contribution in [1.82, 2.24) is 10.2 Å². The van der Waals surface area contributed by atoms with Crippen LogP contribution in [0.2, 0.25) is 0 Å². The predicted octanol–water partition coefficient (Wildman–Crippen LogP) is 3.97. The molecule has 2 aliphatic heterocycles. The number of alkyl halides is 2. The lowest BCUT2D eigenvalue weighted by Crippen LogP contribution is -2.43. The Morgan fingerprint density at radius 2 is 1.93 bits per heavy atom. The van der Waals surface area contributed by atoms with Crippen molar-refractivity contribution in [2.75, 3.05) is 13.1 Å². The summed E-state index contributed by atoms with van der Waals surface area (Å²) in [6.07, 6.45) is 7.45. The molecule has 1 unspecified atom stereocenters. The smallest absolute Gasteiger partial charge is 0.254 e. The number of carbonyl (C=O) groups excluding carboxylic acids is 2. The average molecular weight is 428 g/mol. The van der Waals surface area contributed by atoms with Gasteiger partial charge in [-0.05, 0) is 77.0 Å². The molecule has 2 heterocycles. The topological polar surface area (TPSA) is 61.8 Å². The number of hydrogen-bond donors (Lipinski definition) is 1. The number of amidine groups is 1. The van der Waals surface area contributed by atoms with E-state index in [2.05, 4.69) is 5.32 Å². The molecule has 4 rings (SSSR count). The minimum Gasteiger partial charge on any atom is -0.342 e. The SMILES string of the molecule is CC(F)(F)CC(=O)N1CCC(CC2(C)SC(=NC34CCC(CC3)C4)NC2=O)CC1. The molecule has 0 aromatic heterocycles. The highest BCUT2D eigenvalue weighted by molar-refractivity contribution is 8.16. The predicted molar refractivity (Wildman–Crippen MR) is 110 cm³/mol. The maximum Gasteiger partial charge on any atom is 0.254 e. The molecular weight excluding hydrogens is 396 g/mol. The first-order valence-corrected chi connectivity index (χ1v) is 11.6. The maximum atomic E-state index is 13.1. The van der Waals surface area contributed by atoms with Crippen molar-refractivity contribution < 1.29 is 18.4 Å². The van der Waals surface area contributed by atoms with E-state index in [0.29, 0.717) is 19.0 Å². The van der Waals surface area contributed by atoms with Gasteiger partial charge in [-0.1, -0.05) is 11.8 Å². The molecule has 2 amide bonds. The second kappa shape index (κ2) is 7.50. The number of carbonyl (C=O) groups is 2. The molecule has 4 aliphatic rings. The van der Waals surface area contributed by atoms with Gasteiger partial charge < -0.3 is 10.2 Å². The normalized spacial score (nSPS) is 36.8. The van der Waals surface area contributed by atoms with Gasteiger partial charge in [-0.25, -0.2) is 8.78 Å². The first-order chi connectivity index (χ1) is 13.6. The zero-order chi connectivity index (χ0) is 20.9. The molecule has 162 valence electrons. The number of hydrogen-bond acceptors (Lipinski definition) is 4. The lowest BCUT2D eigenvalue weighted by Gasteiger charge is -2.35. The van der Waals surface area contributed by atoms with Crippen LogP contribution in [0.3, 0.4) is 0 Å². The van der Waals surface area contributed by atoms with Gasteiger partial charge in [0.15, 0.2) is 5.17 Å². The fourth-order valence-electron chi connectivity index (χ4n) is 5.55. The zero-order valence-corrected chi connectivity index (χ0v) is 18.1. The van der Waals surface area contributed by atoms with Crippen LogP contribution in [-0.4, -0.2) is 51.2 Å². The number of thioether (sulfide) groups is 1. The Hall–Kier alpha value is -1.18. The molecule has 2 bridgehead atoms. The summed E-state index contributed by atoms with van der Waals surface area (Å²) in [5, 5.41) is 3.79. The molecule has 0 aromatic rings. The van der Waals surface area contributed by atoms with Crippen LogP contribution in [0.1, 0.15) is 71.6 Å². The standard InChI is InChI=1S/C21H31F2N3O2S/c1-19(11-15-5-9-26(10-6-15)16(27)13-20(2,22)23)17(28)24-18(29-19)25-21-7-3-14(12-21)4-8-21/h14-15H,3-13H2,1-2H3,(H,24,25,28). The van der Waals surface area contributed by atoms with E-state index in [0.717, 1.165) is 56.5 Å². The number of aliphatic imine (C=N–C) groups is 1. The number of likely N-dealkylation sites (tertiary alicyclic amines) is 1. The molecule has 0 aromatic carbocycles. The Kier molecular flexibility index (Phi) is 5.45. The number of piperidine rings is 1.